The molecule has 0 saturated carbocycles. The quantitative estimate of drug-likeness (QED) is 0.236. The largest absolute Gasteiger partial charge is 0.457 e. The summed E-state index contributed by atoms with van der Waals surface area (Å²) in [5.41, 5.74) is 7.70. The number of piperidine rings is 2. The molecule has 2 fully saturated rings. The number of para-hydroxylation sites is 1. The Morgan fingerprint density at radius 2 is 1.71 bits per heavy atom. The Labute approximate surface area is 289 Å². The van der Waals surface area contributed by atoms with Crippen LogP contribution in [0.2, 0.25) is 0 Å². The lowest BCUT2D eigenvalue weighted by atomic mass is 10.0. The van der Waals surface area contributed by atoms with E-state index in [0.29, 0.717) is 51.7 Å². The highest BCUT2D eigenvalue weighted by Crippen LogP contribution is 2.37. The molecule has 2 aromatic heterocycles. The lowest BCUT2D eigenvalue weighted by Gasteiger charge is -2.34. The maximum Gasteiger partial charge on any atom is 0.265 e. The maximum absolute atomic E-state index is 16.1. The second-order valence-corrected chi connectivity index (χ2v) is 12.7. The summed E-state index contributed by atoms with van der Waals surface area (Å²) in [6.07, 6.45) is 0.149. The van der Waals surface area contributed by atoms with Crippen LogP contribution in [0.25, 0.3) is 22.3 Å². The standard InChI is InChI=1S/C36H30F2N8O5/c37-24-15-19(14-23-29(24)36(50)45(35(23)49)27-10-11-28(47)42-34(27)48)16-44-13-12-26(25(38)17-44)46-33-30(32(39)40-18-41-33)31(43-46)20-6-8-22(9-7-20)51-21-4-2-1-3-5-21/h1-9,14-15,18,25-27H,10-13,16-17H2,(H2,39,40,41)(H,42,47,48)/t25-,26+,27?/m1/s1. The molecule has 8 rings (SSSR count). The number of anilines is 1. The number of benzene rings is 3. The highest BCUT2D eigenvalue weighted by Gasteiger charge is 2.46. The van der Waals surface area contributed by atoms with E-state index in [-0.39, 0.29) is 37.3 Å². The number of aromatic nitrogens is 4. The number of nitrogen functional groups attached to an aromatic ring is 1. The normalized spacial score (nSPS) is 20.9. The Bertz CT molecular complexity index is 2230. The van der Waals surface area contributed by atoms with E-state index in [1.54, 1.807) is 21.7 Å². The molecule has 3 N–H and O–H groups in total. The van der Waals surface area contributed by atoms with Gasteiger partial charge in [0.05, 0.1) is 22.6 Å². The van der Waals surface area contributed by atoms with E-state index < -0.39 is 53.3 Å². The van der Waals surface area contributed by atoms with Crippen molar-refractivity contribution in [1.29, 1.82) is 0 Å². The Balaban J connectivity index is 0.999. The van der Waals surface area contributed by atoms with Crippen LogP contribution in [0.1, 0.15) is 51.6 Å². The second kappa shape index (κ2) is 12.7. The predicted octanol–water partition coefficient (Wildman–Crippen LogP) is 4.19. The van der Waals surface area contributed by atoms with Crippen LogP contribution in [0.3, 0.4) is 0 Å². The summed E-state index contributed by atoms with van der Waals surface area (Å²) < 4.78 is 38.9. The average molecular weight is 693 g/mol. The fraction of sp³-hybridized carbons (Fsp3) is 0.250. The van der Waals surface area contributed by atoms with Gasteiger partial charge in [-0.2, -0.15) is 5.10 Å². The lowest BCUT2D eigenvalue weighted by molar-refractivity contribution is -0.136. The first-order valence-electron chi connectivity index (χ1n) is 16.4. The molecule has 4 amide bonds. The molecule has 1 unspecified atom stereocenters. The Kier molecular flexibility index (Phi) is 7.98. The number of amides is 4. The molecular formula is C36H30F2N8O5. The van der Waals surface area contributed by atoms with Gasteiger partial charge >= 0.3 is 0 Å². The summed E-state index contributed by atoms with van der Waals surface area (Å²) in [7, 11) is 0. The number of alkyl halides is 1. The molecule has 5 heterocycles. The van der Waals surface area contributed by atoms with Crippen LogP contribution in [0.4, 0.5) is 14.6 Å². The van der Waals surface area contributed by atoms with Crippen molar-refractivity contribution in [1.82, 2.24) is 34.9 Å². The van der Waals surface area contributed by atoms with E-state index in [1.807, 2.05) is 42.5 Å². The number of halogens is 2. The molecule has 3 aliphatic heterocycles. The Hall–Kier alpha value is -6.09. The smallest absolute Gasteiger partial charge is 0.265 e. The number of ether oxygens (including phenoxy) is 1. The van der Waals surface area contributed by atoms with E-state index in [9.17, 15) is 19.2 Å². The highest BCUT2D eigenvalue weighted by molar-refractivity contribution is 6.23. The number of likely N-dealkylation sites (tertiary alicyclic amines) is 1. The molecule has 0 bridgehead atoms. The van der Waals surface area contributed by atoms with E-state index in [2.05, 4.69) is 15.3 Å². The molecule has 3 aromatic carbocycles. The number of hydrogen-bond donors (Lipinski definition) is 2. The van der Waals surface area contributed by atoms with Gasteiger partial charge in [-0.1, -0.05) is 18.2 Å². The number of nitrogens with zero attached hydrogens (tertiary/aromatic N) is 6. The molecule has 15 heteroatoms. The number of rotatable bonds is 7. The van der Waals surface area contributed by atoms with Crippen LogP contribution in [0.15, 0.2) is 73.1 Å². The Morgan fingerprint density at radius 1 is 0.941 bits per heavy atom. The number of hydrogen-bond acceptors (Lipinski definition) is 10. The third kappa shape index (κ3) is 5.74. The summed E-state index contributed by atoms with van der Waals surface area (Å²) in [4.78, 5) is 61.4. The molecule has 3 aliphatic rings. The van der Waals surface area contributed by atoms with Crippen molar-refractivity contribution in [2.75, 3.05) is 18.8 Å². The fourth-order valence-electron chi connectivity index (χ4n) is 7.06. The van der Waals surface area contributed by atoms with Crippen LogP contribution in [-0.4, -0.2) is 78.5 Å². The van der Waals surface area contributed by atoms with Crippen molar-refractivity contribution >= 4 is 40.5 Å². The SMILES string of the molecule is Nc1ncnc2c1c(-c1ccc(Oc3ccccc3)cc1)nn2[C@H]1CCN(Cc2cc(F)c3c(c2)C(=O)N(C2CCC(=O)NC2=O)C3=O)C[C@H]1F. The van der Waals surface area contributed by atoms with Crippen molar-refractivity contribution in [2.24, 2.45) is 0 Å². The van der Waals surface area contributed by atoms with Crippen LogP contribution in [0, 0.1) is 5.82 Å². The Morgan fingerprint density at radius 3 is 2.45 bits per heavy atom. The third-order valence-electron chi connectivity index (χ3n) is 9.49. The number of imide groups is 2. The summed E-state index contributed by atoms with van der Waals surface area (Å²) in [5, 5.41) is 7.43. The summed E-state index contributed by atoms with van der Waals surface area (Å²) in [5.74, 6) is -2.40. The minimum atomic E-state index is -1.40. The van der Waals surface area contributed by atoms with Gasteiger partial charge in [0.1, 0.15) is 47.4 Å². The fourth-order valence-corrected chi connectivity index (χ4v) is 7.06. The van der Waals surface area contributed by atoms with Crippen molar-refractivity contribution in [3.05, 3.63) is 95.6 Å². The number of nitrogens with two attached hydrogens (primary N) is 1. The van der Waals surface area contributed by atoms with Gasteiger partial charge < -0.3 is 10.5 Å². The number of nitrogens with one attached hydrogen (secondary N) is 1. The second-order valence-electron chi connectivity index (χ2n) is 12.7. The van der Waals surface area contributed by atoms with Crippen molar-refractivity contribution < 1.29 is 32.7 Å². The molecule has 0 radical (unpaired) electrons. The van der Waals surface area contributed by atoms with Crippen molar-refractivity contribution in [3.8, 4) is 22.8 Å². The first kappa shape index (κ1) is 32.1. The molecule has 3 atom stereocenters. The minimum absolute atomic E-state index is 0.0264. The number of carbonyl (C=O) groups excluding carboxylic acids is 4. The van der Waals surface area contributed by atoms with Crippen LogP contribution < -0.4 is 15.8 Å². The van der Waals surface area contributed by atoms with E-state index in [1.165, 1.54) is 12.4 Å². The van der Waals surface area contributed by atoms with Crippen LogP contribution in [0.5, 0.6) is 11.5 Å². The lowest BCUT2D eigenvalue weighted by Crippen LogP contribution is -2.54. The topological polar surface area (TPSA) is 166 Å². The summed E-state index contributed by atoms with van der Waals surface area (Å²) in [6.45, 7) is 0.484. The monoisotopic (exact) mass is 692 g/mol. The number of carbonyl (C=O) groups is 4. The minimum Gasteiger partial charge on any atom is -0.457 e. The zero-order valence-electron chi connectivity index (χ0n) is 27.0. The van der Waals surface area contributed by atoms with Gasteiger partial charge in [-0.05, 0) is 66.9 Å². The van der Waals surface area contributed by atoms with E-state index >= 15 is 8.78 Å². The van der Waals surface area contributed by atoms with Gasteiger partial charge in [0.15, 0.2) is 5.65 Å². The van der Waals surface area contributed by atoms with Crippen LogP contribution in [-0.2, 0) is 16.1 Å². The summed E-state index contributed by atoms with van der Waals surface area (Å²) >= 11 is 0. The van der Waals surface area contributed by atoms with Crippen LogP contribution >= 0.6 is 0 Å². The highest BCUT2D eigenvalue weighted by atomic mass is 19.1. The molecule has 5 aromatic rings. The zero-order valence-corrected chi connectivity index (χ0v) is 27.0. The van der Waals surface area contributed by atoms with Gasteiger partial charge in [0.2, 0.25) is 11.8 Å². The number of fused-ring (bicyclic) bond motifs is 2. The third-order valence-corrected chi connectivity index (χ3v) is 9.49. The molecule has 258 valence electrons. The van der Waals surface area contributed by atoms with E-state index in [4.69, 9.17) is 15.6 Å². The van der Waals surface area contributed by atoms with E-state index in [0.717, 1.165) is 11.6 Å². The molecule has 0 spiro atoms. The van der Waals surface area contributed by atoms with Gasteiger partial charge in [0.25, 0.3) is 11.8 Å². The predicted molar refractivity (Wildman–Crippen MR) is 179 cm³/mol. The molecule has 0 aliphatic carbocycles. The van der Waals surface area contributed by atoms with Crippen molar-refractivity contribution in [3.63, 3.8) is 0 Å². The first-order valence-corrected chi connectivity index (χ1v) is 16.4. The van der Waals surface area contributed by atoms with Gasteiger partial charge in [0, 0.05) is 31.6 Å². The molecular weight excluding hydrogens is 662 g/mol. The molecule has 2 saturated heterocycles. The maximum atomic E-state index is 16.1. The molecule has 51 heavy (non-hydrogen) atoms. The average Bonchev–Trinajstić information content (AvgIpc) is 3.61. The summed E-state index contributed by atoms with van der Waals surface area (Å²) in [6, 6.07) is 17.3. The van der Waals surface area contributed by atoms with Crippen molar-refractivity contribution in [2.45, 2.75) is 44.1 Å². The zero-order chi connectivity index (χ0) is 35.4. The van der Waals surface area contributed by atoms with Gasteiger partial charge in [-0.15, -0.1) is 0 Å². The first-order chi connectivity index (χ1) is 24.7. The van der Waals surface area contributed by atoms with Gasteiger partial charge in [-0.3, -0.25) is 34.3 Å². The molecule has 13 nitrogen and oxygen atoms in total. The van der Waals surface area contributed by atoms with Gasteiger partial charge in [-0.25, -0.2) is 23.4 Å².